The van der Waals surface area contributed by atoms with E-state index in [0.717, 1.165) is 11.1 Å². The van der Waals surface area contributed by atoms with Gasteiger partial charge in [-0.05, 0) is 22.8 Å². The van der Waals surface area contributed by atoms with Crippen molar-refractivity contribution in [2.24, 2.45) is 0 Å². The lowest BCUT2D eigenvalue weighted by Crippen LogP contribution is -2.40. The summed E-state index contributed by atoms with van der Waals surface area (Å²) in [5.74, 6) is -0.928. The summed E-state index contributed by atoms with van der Waals surface area (Å²) < 4.78 is 3.89. The van der Waals surface area contributed by atoms with E-state index in [0.29, 0.717) is 5.56 Å². The number of rotatable bonds is 3. The maximum absolute atomic E-state index is 12.5. The number of carbonyl (C=O) groups is 2. The molecule has 110 valence electrons. The topological polar surface area (TPSA) is 43.4 Å². The smallest absolute Gasteiger partial charge is 0.335 e. The van der Waals surface area contributed by atoms with E-state index in [1.165, 1.54) is 6.08 Å². The molecule has 0 bridgehead atoms. The fourth-order valence-electron chi connectivity index (χ4n) is 2.40. The molecule has 3 nitrogen and oxygen atoms in total. The molecule has 0 heterocycles. The summed E-state index contributed by atoms with van der Waals surface area (Å²) in [5, 5.41) is 0. The zero-order chi connectivity index (χ0) is 15.6. The Morgan fingerprint density at radius 1 is 1.00 bits per heavy atom. The lowest BCUT2D eigenvalue weighted by Gasteiger charge is -2.27. The van der Waals surface area contributed by atoms with Crippen LogP contribution in [0.1, 0.15) is 16.7 Å². The van der Waals surface area contributed by atoms with Crippen LogP contribution in [0, 0.1) is 0 Å². The SMILES string of the molecule is O=C1C=Cc2ccccc2[C@]1(Br)C(=O)OCc1ccccc1. The highest BCUT2D eigenvalue weighted by atomic mass is 79.9. The summed E-state index contributed by atoms with van der Waals surface area (Å²) in [7, 11) is 0. The molecular weight excluding hydrogens is 344 g/mol. The van der Waals surface area contributed by atoms with Crippen molar-refractivity contribution in [2.75, 3.05) is 0 Å². The minimum atomic E-state index is -1.47. The van der Waals surface area contributed by atoms with E-state index >= 15 is 0 Å². The molecule has 0 amide bonds. The van der Waals surface area contributed by atoms with Crippen LogP contribution in [0.5, 0.6) is 0 Å². The van der Waals surface area contributed by atoms with Crippen LogP contribution in [-0.2, 0) is 25.3 Å². The summed E-state index contributed by atoms with van der Waals surface area (Å²) in [5.41, 5.74) is 2.32. The van der Waals surface area contributed by atoms with E-state index in [9.17, 15) is 9.59 Å². The van der Waals surface area contributed by atoms with E-state index in [1.54, 1.807) is 18.2 Å². The summed E-state index contributed by atoms with van der Waals surface area (Å²) in [4.78, 5) is 24.8. The number of benzene rings is 2. The molecule has 0 N–H and O–H groups in total. The number of allylic oxidation sites excluding steroid dienone is 1. The van der Waals surface area contributed by atoms with Gasteiger partial charge in [-0.25, -0.2) is 4.79 Å². The number of hydrogen-bond donors (Lipinski definition) is 0. The largest absolute Gasteiger partial charge is 0.459 e. The van der Waals surface area contributed by atoms with Crippen molar-refractivity contribution in [3.63, 3.8) is 0 Å². The maximum Gasteiger partial charge on any atom is 0.335 e. The Morgan fingerprint density at radius 3 is 2.45 bits per heavy atom. The van der Waals surface area contributed by atoms with Crippen LogP contribution >= 0.6 is 15.9 Å². The molecule has 1 aliphatic carbocycles. The minimum absolute atomic E-state index is 0.131. The molecule has 2 aromatic rings. The third kappa shape index (κ3) is 2.50. The van der Waals surface area contributed by atoms with Gasteiger partial charge < -0.3 is 4.74 Å². The van der Waals surface area contributed by atoms with Gasteiger partial charge in [0, 0.05) is 0 Å². The van der Waals surface area contributed by atoms with Gasteiger partial charge in [-0.1, -0.05) is 76.6 Å². The molecule has 1 atom stereocenters. The first-order chi connectivity index (χ1) is 10.6. The second-order valence-electron chi connectivity index (χ2n) is 5.01. The Labute approximate surface area is 136 Å². The molecule has 1 aliphatic rings. The van der Waals surface area contributed by atoms with Crippen molar-refractivity contribution in [3.05, 3.63) is 77.4 Å². The van der Waals surface area contributed by atoms with E-state index in [1.807, 2.05) is 42.5 Å². The van der Waals surface area contributed by atoms with Crippen LogP contribution in [0.4, 0.5) is 0 Å². The van der Waals surface area contributed by atoms with Gasteiger partial charge in [-0.15, -0.1) is 0 Å². The number of ether oxygens (including phenoxy) is 1. The van der Waals surface area contributed by atoms with Gasteiger partial charge in [0.25, 0.3) is 0 Å². The van der Waals surface area contributed by atoms with Gasteiger partial charge in [0.2, 0.25) is 4.32 Å². The Bertz CT molecular complexity index is 752. The number of halogens is 1. The molecule has 0 aliphatic heterocycles. The van der Waals surface area contributed by atoms with Crippen LogP contribution in [0.15, 0.2) is 60.7 Å². The van der Waals surface area contributed by atoms with Crippen molar-refractivity contribution in [2.45, 2.75) is 10.9 Å². The molecule has 0 radical (unpaired) electrons. The first kappa shape index (κ1) is 14.7. The van der Waals surface area contributed by atoms with Crippen molar-refractivity contribution >= 4 is 33.8 Å². The molecule has 4 heteroatoms. The number of fused-ring (bicyclic) bond motifs is 1. The summed E-state index contributed by atoms with van der Waals surface area (Å²) in [6, 6.07) is 16.6. The number of esters is 1. The lowest BCUT2D eigenvalue weighted by molar-refractivity contribution is -0.150. The monoisotopic (exact) mass is 356 g/mol. The van der Waals surface area contributed by atoms with E-state index in [4.69, 9.17) is 4.74 Å². The van der Waals surface area contributed by atoms with Crippen LogP contribution in [-0.4, -0.2) is 11.8 Å². The van der Waals surface area contributed by atoms with Crippen LogP contribution in [0.25, 0.3) is 6.08 Å². The first-order valence-corrected chi connectivity index (χ1v) is 7.64. The highest BCUT2D eigenvalue weighted by Crippen LogP contribution is 2.40. The average Bonchev–Trinajstić information content (AvgIpc) is 2.57. The Hall–Kier alpha value is -2.20. The first-order valence-electron chi connectivity index (χ1n) is 6.84. The van der Waals surface area contributed by atoms with Crippen molar-refractivity contribution < 1.29 is 14.3 Å². The lowest BCUT2D eigenvalue weighted by atomic mass is 9.86. The van der Waals surface area contributed by atoms with Crippen molar-refractivity contribution in [3.8, 4) is 0 Å². The minimum Gasteiger partial charge on any atom is -0.459 e. The molecule has 0 aromatic heterocycles. The Balaban J connectivity index is 1.87. The molecule has 0 unspecified atom stereocenters. The fourth-order valence-corrected chi connectivity index (χ4v) is 3.01. The predicted molar refractivity (Wildman–Crippen MR) is 87.3 cm³/mol. The quantitative estimate of drug-likeness (QED) is 0.479. The van der Waals surface area contributed by atoms with Gasteiger partial charge in [0.05, 0.1) is 0 Å². The second-order valence-corrected chi connectivity index (χ2v) is 6.19. The fraction of sp³-hybridized carbons (Fsp3) is 0.111. The standard InChI is InChI=1S/C18H13BrO3/c19-18(17(21)22-12-13-6-2-1-3-7-13)15-9-5-4-8-14(15)10-11-16(18)20/h1-11H,12H2/t18-/m1/s1. The molecule has 22 heavy (non-hydrogen) atoms. The zero-order valence-electron chi connectivity index (χ0n) is 11.7. The summed E-state index contributed by atoms with van der Waals surface area (Å²) in [6.45, 7) is 0.131. The van der Waals surface area contributed by atoms with Gasteiger partial charge in [-0.2, -0.15) is 0 Å². The number of alkyl halides is 1. The third-order valence-corrected chi connectivity index (χ3v) is 4.72. The van der Waals surface area contributed by atoms with Crippen LogP contribution in [0.3, 0.4) is 0 Å². The van der Waals surface area contributed by atoms with Crippen molar-refractivity contribution in [1.82, 2.24) is 0 Å². The number of hydrogen-bond acceptors (Lipinski definition) is 3. The molecule has 0 spiro atoms. The Morgan fingerprint density at radius 2 is 1.68 bits per heavy atom. The van der Waals surface area contributed by atoms with Crippen LogP contribution < -0.4 is 0 Å². The maximum atomic E-state index is 12.5. The molecule has 2 aromatic carbocycles. The second kappa shape index (κ2) is 5.89. The van der Waals surface area contributed by atoms with Gasteiger partial charge in [-0.3, -0.25) is 4.79 Å². The molecule has 0 saturated carbocycles. The predicted octanol–water partition coefficient (Wildman–Crippen LogP) is 3.62. The highest BCUT2D eigenvalue weighted by molar-refractivity contribution is 9.10. The molecule has 3 rings (SSSR count). The number of ketones is 1. The van der Waals surface area contributed by atoms with Gasteiger partial charge in [0.1, 0.15) is 6.61 Å². The Kier molecular flexibility index (Phi) is 3.94. The van der Waals surface area contributed by atoms with Gasteiger partial charge >= 0.3 is 5.97 Å². The third-order valence-electron chi connectivity index (χ3n) is 3.58. The molecular formula is C18H13BrO3. The normalized spacial score (nSPS) is 19.6. The molecule has 0 saturated heterocycles. The zero-order valence-corrected chi connectivity index (χ0v) is 13.2. The average molecular weight is 357 g/mol. The van der Waals surface area contributed by atoms with E-state index in [2.05, 4.69) is 15.9 Å². The van der Waals surface area contributed by atoms with Crippen molar-refractivity contribution in [1.29, 1.82) is 0 Å². The van der Waals surface area contributed by atoms with E-state index in [-0.39, 0.29) is 12.4 Å². The summed E-state index contributed by atoms with van der Waals surface area (Å²) >= 11 is 3.32. The van der Waals surface area contributed by atoms with Crippen LogP contribution in [0.2, 0.25) is 0 Å². The van der Waals surface area contributed by atoms with E-state index < -0.39 is 10.3 Å². The number of carbonyl (C=O) groups excluding carboxylic acids is 2. The molecule has 0 fully saturated rings. The summed E-state index contributed by atoms with van der Waals surface area (Å²) in [6.07, 6.45) is 3.11. The highest BCUT2D eigenvalue weighted by Gasteiger charge is 2.48. The van der Waals surface area contributed by atoms with Gasteiger partial charge in [0.15, 0.2) is 5.78 Å².